The van der Waals surface area contributed by atoms with E-state index in [4.69, 9.17) is 5.73 Å². The fourth-order valence-electron chi connectivity index (χ4n) is 4.80. The van der Waals surface area contributed by atoms with E-state index < -0.39 is 5.91 Å². The third-order valence-corrected chi connectivity index (χ3v) is 6.26. The van der Waals surface area contributed by atoms with Crippen molar-refractivity contribution in [2.24, 2.45) is 11.7 Å². The first-order valence-electron chi connectivity index (χ1n) is 9.13. The zero-order chi connectivity index (χ0) is 17.7. The van der Waals surface area contributed by atoms with E-state index in [9.17, 15) is 4.79 Å². The van der Waals surface area contributed by atoms with Gasteiger partial charge in [0.1, 0.15) is 0 Å². The number of carbonyl (C=O) groups excluding carboxylic acids is 1. The van der Waals surface area contributed by atoms with Gasteiger partial charge in [-0.05, 0) is 45.8 Å². The molecule has 0 saturated carbocycles. The number of nitrogens with zero attached hydrogens (tertiary/aromatic N) is 4. The lowest BCUT2D eigenvalue weighted by Gasteiger charge is -2.51. The number of para-hydroxylation sites is 1. The Morgan fingerprint density at radius 1 is 1.20 bits per heavy atom. The summed E-state index contributed by atoms with van der Waals surface area (Å²) in [5, 5.41) is 5.47. The number of fused-ring (bicyclic) bond motifs is 3. The fraction of sp³-hybridized carbons (Fsp3) is 0.579. The number of primary amides is 1. The molecule has 2 N–H and O–H groups in total. The standard InChI is InChI=1S/C19H27N5O/c1-12(13-8-14-10-22(2)11-15(9-13)23(14)3)24-17-7-5-4-6-16(17)18(21-24)19(20)25/h4-7,12-15H,8-11H2,1-3H3,(H2,20,25). The molecule has 2 aromatic rings. The lowest BCUT2D eigenvalue weighted by Crippen LogP contribution is -2.60. The summed E-state index contributed by atoms with van der Waals surface area (Å²) in [7, 11) is 4.48. The topological polar surface area (TPSA) is 67.4 Å². The Morgan fingerprint density at radius 2 is 1.84 bits per heavy atom. The SMILES string of the molecule is CC(C1CC2CN(C)CC(C1)N2C)n1nc(C(N)=O)c2ccccc21. The van der Waals surface area contributed by atoms with Gasteiger partial charge in [-0.3, -0.25) is 14.4 Å². The van der Waals surface area contributed by atoms with Crippen LogP contribution in [0.2, 0.25) is 0 Å². The number of aromatic nitrogens is 2. The van der Waals surface area contributed by atoms with Crippen molar-refractivity contribution in [3.05, 3.63) is 30.0 Å². The Bertz CT molecular complexity index is 784. The van der Waals surface area contributed by atoms with Gasteiger partial charge in [0.05, 0.1) is 11.6 Å². The van der Waals surface area contributed by atoms with Crippen LogP contribution < -0.4 is 5.73 Å². The number of likely N-dealkylation sites (tertiary alicyclic amines) is 1. The van der Waals surface area contributed by atoms with Gasteiger partial charge in [0.2, 0.25) is 0 Å². The molecule has 2 saturated heterocycles. The fourth-order valence-corrected chi connectivity index (χ4v) is 4.80. The highest BCUT2D eigenvalue weighted by atomic mass is 16.1. The second-order valence-corrected chi connectivity index (χ2v) is 7.84. The Kier molecular flexibility index (Phi) is 4.04. The highest BCUT2D eigenvalue weighted by Crippen LogP contribution is 2.38. The quantitative estimate of drug-likeness (QED) is 0.923. The van der Waals surface area contributed by atoms with E-state index in [1.54, 1.807) is 0 Å². The summed E-state index contributed by atoms with van der Waals surface area (Å²) in [6.07, 6.45) is 2.33. The van der Waals surface area contributed by atoms with Gasteiger partial charge in [-0.25, -0.2) is 0 Å². The van der Waals surface area contributed by atoms with Gasteiger partial charge in [0, 0.05) is 30.6 Å². The summed E-state index contributed by atoms with van der Waals surface area (Å²) in [5.41, 5.74) is 6.94. The van der Waals surface area contributed by atoms with Crippen LogP contribution in [0.25, 0.3) is 10.9 Å². The molecule has 1 aromatic carbocycles. The Morgan fingerprint density at radius 3 is 2.48 bits per heavy atom. The van der Waals surface area contributed by atoms with Crippen molar-refractivity contribution in [3.8, 4) is 0 Å². The lowest BCUT2D eigenvalue weighted by atomic mass is 9.80. The zero-order valence-corrected chi connectivity index (χ0v) is 15.2. The first-order chi connectivity index (χ1) is 12.0. The Labute approximate surface area is 148 Å². The lowest BCUT2D eigenvalue weighted by molar-refractivity contribution is -0.0125. The summed E-state index contributed by atoms with van der Waals surface area (Å²) in [6.45, 7) is 4.49. The van der Waals surface area contributed by atoms with Crippen LogP contribution >= 0.6 is 0 Å². The zero-order valence-electron chi connectivity index (χ0n) is 15.2. The maximum atomic E-state index is 11.8. The largest absolute Gasteiger partial charge is 0.364 e. The molecule has 2 fully saturated rings. The van der Waals surface area contributed by atoms with E-state index in [0.717, 1.165) is 24.0 Å². The van der Waals surface area contributed by atoms with E-state index in [0.29, 0.717) is 23.7 Å². The number of hydrogen-bond donors (Lipinski definition) is 1. The summed E-state index contributed by atoms with van der Waals surface area (Å²) in [6, 6.07) is 9.35. The molecule has 134 valence electrons. The summed E-state index contributed by atoms with van der Waals surface area (Å²) < 4.78 is 2.03. The van der Waals surface area contributed by atoms with Gasteiger partial charge in [0.15, 0.2) is 5.69 Å². The van der Waals surface area contributed by atoms with Crippen LogP contribution in [0, 0.1) is 5.92 Å². The third-order valence-electron chi connectivity index (χ3n) is 6.26. The van der Waals surface area contributed by atoms with E-state index in [-0.39, 0.29) is 6.04 Å². The van der Waals surface area contributed by atoms with Crippen LogP contribution in [0.1, 0.15) is 36.3 Å². The number of likely N-dealkylation sites (N-methyl/N-ethyl adjacent to an activating group) is 2. The van der Waals surface area contributed by atoms with E-state index in [1.807, 2.05) is 28.9 Å². The summed E-state index contributed by atoms with van der Waals surface area (Å²) in [4.78, 5) is 16.8. The molecule has 6 nitrogen and oxygen atoms in total. The van der Waals surface area contributed by atoms with Gasteiger partial charge in [-0.2, -0.15) is 5.10 Å². The van der Waals surface area contributed by atoms with Crippen molar-refractivity contribution in [3.63, 3.8) is 0 Å². The number of piperazine rings is 1. The monoisotopic (exact) mass is 341 g/mol. The molecule has 0 radical (unpaired) electrons. The normalized spacial score (nSPS) is 29.0. The van der Waals surface area contributed by atoms with Gasteiger partial charge in [0.25, 0.3) is 5.91 Å². The predicted molar refractivity (Wildman–Crippen MR) is 98.5 cm³/mol. The molecule has 4 rings (SSSR count). The molecule has 0 spiro atoms. The molecule has 1 amide bonds. The van der Waals surface area contributed by atoms with Crippen LogP contribution in [0.3, 0.4) is 0 Å². The molecule has 2 aliphatic rings. The first kappa shape index (κ1) is 16.5. The molecule has 25 heavy (non-hydrogen) atoms. The van der Waals surface area contributed by atoms with Crippen molar-refractivity contribution in [2.75, 3.05) is 27.2 Å². The van der Waals surface area contributed by atoms with Crippen LogP contribution in [-0.4, -0.2) is 64.8 Å². The van der Waals surface area contributed by atoms with Crippen LogP contribution in [-0.2, 0) is 0 Å². The number of benzene rings is 1. The number of nitrogens with two attached hydrogens (primary N) is 1. The van der Waals surface area contributed by atoms with E-state index in [2.05, 4.69) is 35.9 Å². The van der Waals surface area contributed by atoms with Crippen molar-refractivity contribution in [1.82, 2.24) is 19.6 Å². The van der Waals surface area contributed by atoms with Gasteiger partial charge in [-0.15, -0.1) is 0 Å². The summed E-state index contributed by atoms with van der Waals surface area (Å²) >= 11 is 0. The smallest absolute Gasteiger partial charge is 0.269 e. The molecular formula is C19H27N5O. The number of amides is 1. The molecule has 3 atom stereocenters. The van der Waals surface area contributed by atoms with Gasteiger partial charge < -0.3 is 10.6 Å². The highest BCUT2D eigenvalue weighted by molar-refractivity contribution is 6.04. The molecule has 0 aliphatic carbocycles. The number of carbonyl (C=O) groups is 1. The first-order valence-corrected chi connectivity index (χ1v) is 9.13. The second kappa shape index (κ2) is 6.11. The van der Waals surface area contributed by atoms with E-state index in [1.165, 1.54) is 12.8 Å². The van der Waals surface area contributed by atoms with Gasteiger partial charge in [-0.1, -0.05) is 18.2 Å². The molecule has 1 aromatic heterocycles. The predicted octanol–water partition coefficient (Wildman–Crippen LogP) is 1.72. The van der Waals surface area contributed by atoms with Crippen molar-refractivity contribution < 1.29 is 4.79 Å². The maximum Gasteiger partial charge on any atom is 0.269 e. The summed E-state index contributed by atoms with van der Waals surface area (Å²) in [5.74, 6) is 0.105. The minimum atomic E-state index is -0.455. The van der Waals surface area contributed by atoms with Crippen LogP contribution in [0.5, 0.6) is 0 Å². The van der Waals surface area contributed by atoms with Crippen LogP contribution in [0.4, 0.5) is 0 Å². The Balaban J connectivity index is 1.67. The molecular weight excluding hydrogens is 314 g/mol. The van der Waals surface area contributed by atoms with Crippen molar-refractivity contribution in [2.45, 2.75) is 37.9 Å². The molecule has 3 heterocycles. The second-order valence-electron chi connectivity index (χ2n) is 7.84. The van der Waals surface area contributed by atoms with E-state index >= 15 is 0 Å². The highest BCUT2D eigenvalue weighted by Gasteiger charge is 2.40. The molecule has 2 bridgehead atoms. The molecule has 3 unspecified atom stereocenters. The Hall–Kier alpha value is -1.92. The number of piperidine rings is 1. The molecule has 6 heteroatoms. The minimum Gasteiger partial charge on any atom is -0.364 e. The average Bonchev–Trinajstić information content (AvgIpc) is 2.95. The minimum absolute atomic E-state index is 0.250. The average molecular weight is 341 g/mol. The third kappa shape index (κ3) is 2.73. The maximum absolute atomic E-state index is 11.8. The number of hydrogen-bond acceptors (Lipinski definition) is 4. The van der Waals surface area contributed by atoms with Crippen LogP contribution in [0.15, 0.2) is 24.3 Å². The van der Waals surface area contributed by atoms with Gasteiger partial charge >= 0.3 is 0 Å². The number of rotatable bonds is 3. The van der Waals surface area contributed by atoms with Crippen molar-refractivity contribution in [1.29, 1.82) is 0 Å². The molecule has 2 aliphatic heterocycles. The van der Waals surface area contributed by atoms with Crippen molar-refractivity contribution >= 4 is 16.8 Å².